The molecule has 0 aromatic heterocycles. The van der Waals surface area contributed by atoms with Crippen LogP contribution in [-0.4, -0.2) is 11.9 Å². The molecule has 3 amide bonds. The first-order chi connectivity index (χ1) is 7.04. The minimum Gasteiger partial charge on any atom is -0.398 e. The first-order valence-electron chi connectivity index (χ1n) is 4.52. The highest BCUT2D eigenvalue weighted by Gasteiger charge is 2.44. The third-order valence-electron chi connectivity index (χ3n) is 2.54. The number of para-hydroxylation sites is 1. The largest absolute Gasteiger partial charge is 0.398 e. The monoisotopic (exact) mass is 205 g/mol. The van der Waals surface area contributed by atoms with Crippen molar-refractivity contribution in [1.82, 2.24) is 10.6 Å². The number of amides is 3. The van der Waals surface area contributed by atoms with Crippen LogP contribution in [0.15, 0.2) is 24.3 Å². The second-order valence-corrected chi connectivity index (χ2v) is 3.62. The van der Waals surface area contributed by atoms with Crippen LogP contribution >= 0.6 is 0 Å². The maximum absolute atomic E-state index is 11.6. The predicted molar refractivity (Wildman–Crippen MR) is 54.9 cm³/mol. The fourth-order valence-electron chi connectivity index (χ4n) is 1.69. The van der Waals surface area contributed by atoms with E-state index >= 15 is 0 Å². The quantitative estimate of drug-likeness (QED) is 0.456. The van der Waals surface area contributed by atoms with Crippen LogP contribution in [0.4, 0.5) is 10.5 Å². The Kier molecular flexibility index (Phi) is 1.89. The molecule has 4 N–H and O–H groups in total. The lowest BCUT2D eigenvalue weighted by Crippen LogP contribution is -2.41. The molecule has 0 aliphatic carbocycles. The Bertz CT molecular complexity index is 444. The molecule has 1 saturated heterocycles. The summed E-state index contributed by atoms with van der Waals surface area (Å²) in [5.74, 6) is -0.384. The molecule has 1 aliphatic rings. The fourth-order valence-corrected chi connectivity index (χ4v) is 1.69. The van der Waals surface area contributed by atoms with E-state index in [1.165, 1.54) is 0 Å². The van der Waals surface area contributed by atoms with E-state index in [2.05, 4.69) is 10.6 Å². The van der Waals surface area contributed by atoms with Gasteiger partial charge in [-0.3, -0.25) is 10.1 Å². The molecular formula is C10H11N3O2. The molecule has 1 aromatic carbocycles. The third-order valence-corrected chi connectivity index (χ3v) is 2.54. The van der Waals surface area contributed by atoms with E-state index in [0.717, 1.165) is 0 Å². The minimum absolute atomic E-state index is 0.384. The number of imide groups is 1. The highest BCUT2D eigenvalue weighted by atomic mass is 16.2. The lowest BCUT2D eigenvalue weighted by atomic mass is 9.91. The predicted octanol–water partition coefficient (Wildman–Crippen LogP) is 0.323. The fraction of sp³-hybridized carbons (Fsp3) is 0.200. The molecule has 0 radical (unpaired) electrons. The Morgan fingerprint density at radius 3 is 2.47 bits per heavy atom. The van der Waals surface area contributed by atoms with Crippen LogP contribution in [0.1, 0.15) is 12.5 Å². The average molecular weight is 205 g/mol. The maximum Gasteiger partial charge on any atom is 0.322 e. The third kappa shape index (κ3) is 1.32. The lowest BCUT2D eigenvalue weighted by molar-refractivity contribution is -0.123. The molecule has 0 unspecified atom stereocenters. The smallest absolute Gasteiger partial charge is 0.322 e. The van der Waals surface area contributed by atoms with Gasteiger partial charge in [-0.2, -0.15) is 0 Å². The van der Waals surface area contributed by atoms with E-state index in [0.29, 0.717) is 11.3 Å². The van der Waals surface area contributed by atoms with Gasteiger partial charge in [-0.25, -0.2) is 4.79 Å². The van der Waals surface area contributed by atoms with Crippen molar-refractivity contribution in [2.45, 2.75) is 12.5 Å². The van der Waals surface area contributed by atoms with Gasteiger partial charge in [0.1, 0.15) is 5.54 Å². The number of carbonyl (C=O) groups is 2. The highest BCUT2D eigenvalue weighted by Crippen LogP contribution is 2.28. The minimum atomic E-state index is -1.07. The lowest BCUT2D eigenvalue weighted by Gasteiger charge is -2.22. The molecular weight excluding hydrogens is 194 g/mol. The van der Waals surface area contributed by atoms with E-state index in [4.69, 9.17) is 5.73 Å². The van der Waals surface area contributed by atoms with Gasteiger partial charge in [0.2, 0.25) is 0 Å². The summed E-state index contributed by atoms with van der Waals surface area (Å²) < 4.78 is 0. The molecule has 5 heteroatoms. The zero-order valence-electron chi connectivity index (χ0n) is 8.20. The number of hydrogen-bond acceptors (Lipinski definition) is 3. The Labute approximate surface area is 86.6 Å². The van der Waals surface area contributed by atoms with E-state index < -0.39 is 11.6 Å². The second-order valence-electron chi connectivity index (χ2n) is 3.62. The van der Waals surface area contributed by atoms with Crippen LogP contribution in [0.5, 0.6) is 0 Å². The van der Waals surface area contributed by atoms with Crippen molar-refractivity contribution in [3.63, 3.8) is 0 Å². The van der Waals surface area contributed by atoms with Gasteiger partial charge in [0.05, 0.1) is 0 Å². The molecule has 1 atom stereocenters. The van der Waals surface area contributed by atoms with E-state index in [9.17, 15) is 9.59 Å². The normalized spacial score (nSPS) is 24.9. The van der Waals surface area contributed by atoms with E-state index in [-0.39, 0.29) is 5.91 Å². The second kappa shape index (κ2) is 2.98. The van der Waals surface area contributed by atoms with E-state index in [1.54, 1.807) is 31.2 Å². The van der Waals surface area contributed by atoms with E-state index in [1.807, 2.05) is 0 Å². The summed E-state index contributed by atoms with van der Waals surface area (Å²) in [6.07, 6.45) is 0. The van der Waals surface area contributed by atoms with Crippen LogP contribution in [0, 0.1) is 0 Å². The number of anilines is 1. The first-order valence-corrected chi connectivity index (χ1v) is 4.52. The molecule has 1 aliphatic heterocycles. The molecule has 15 heavy (non-hydrogen) atoms. The number of urea groups is 1. The maximum atomic E-state index is 11.6. The number of carbonyl (C=O) groups excluding carboxylic acids is 2. The Morgan fingerprint density at radius 2 is 1.93 bits per heavy atom. The van der Waals surface area contributed by atoms with Crippen molar-refractivity contribution in [3.8, 4) is 0 Å². The van der Waals surface area contributed by atoms with Crippen molar-refractivity contribution >= 4 is 17.6 Å². The van der Waals surface area contributed by atoms with Crippen LogP contribution < -0.4 is 16.4 Å². The molecule has 0 spiro atoms. The van der Waals surface area contributed by atoms with Gasteiger partial charge in [0.25, 0.3) is 5.91 Å². The van der Waals surface area contributed by atoms with Gasteiger partial charge in [-0.15, -0.1) is 0 Å². The summed E-state index contributed by atoms with van der Waals surface area (Å²) in [5, 5.41) is 4.75. The van der Waals surface area contributed by atoms with Crippen molar-refractivity contribution in [2.75, 3.05) is 5.73 Å². The molecule has 0 saturated carbocycles. The molecule has 2 rings (SSSR count). The molecule has 1 fully saturated rings. The number of hydrogen-bond donors (Lipinski definition) is 3. The summed E-state index contributed by atoms with van der Waals surface area (Å²) in [6.45, 7) is 1.62. The molecule has 1 heterocycles. The number of nitrogens with two attached hydrogens (primary N) is 1. The Balaban J connectivity index is 2.51. The van der Waals surface area contributed by atoms with Gasteiger partial charge in [0, 0.05) is 11.3 Å². The van der Waals surface area contributed by atoms with Gasteiger partial charge < -0.3 is 11.1 Å². The molecule has 5 nitrogen and oxygen atoms in total. The van der Waals surface area contributed by atoms with Crippen molar-refractivity contribution in [2.24, 2.45) is 0 Å². The zero-order valence-corrected chi connectivity index (χ0v) is 8.20. The summed E-state index contributed by atoms with van der Waals surface area (Å²) in [6, 6.07) is 6.47. The summed E-state index contributed by atoms with van der Waals surface area (Å²) in [4.78, 5) is 22.7. The highest BCUT2D eigenvalue weighted by molar-refractivity contribution is 6.07. The summed E-state index contributed by atoms with van der Waals surface area (Å²) >= 11 is 0. The summed E-state index contributed by atoms with van der Waals surface area (Å²) in [5.41, 5.74) is 5.78. The van der Waals surface area contributed by atoms with Crippen molar-refractivity contribution in [3.05, 3.63) is 29.8 Å². The summed E-state index contributed by atoms with van der Waals surface area (Å²) in [7, 11) is 0. The number of rotatable bonds is 1. The molecule has 78 valence electrons. The molecule has 0 bridgehead atoms. The van der Waals surface area contributed by atoms with Crippen molar-refractivity contribution in [1.29, 1.82) is 0 Å². The SMILES string of the molecule is C[C@@]1(c2ccccc2N)NC(=O)NC1=O. The van der Waals surface area contributed by atoms with Gasteiger partial charge in [0.15, 0.2) is 0 Å². The Morgan fingerprint density at radius 1 is 1.27 bits per heavy atom. The Hall–Kier alpha value is -2.04. The number of nitrogens with one attached hydrogen (secondary N) is 2. The first kappa shape index (κ1) is 9.51. The zero-order chi connectivity index (χ0) is 11.1. The molecule has 1 aromatic rings. The topological polar surface area (TPSA) is 84.2 Å². The van der Waals surface area contributed by atoms with Crippen LogP contribution in [0.3, 0.4) is 0 Å². The van der Waals surface area contributed by atoms with Gasteiger partial charge in [-0.1, -0.05) is 18.2 Å². The van der Waals surface area contributed by atoms with Crippen LogP contribution in [0.25, 0.3) is 0 Å². The van der Waals surface area contributed by atoms with Crippen LogP contribution in [-0.2, 0) is 10.3 Å². The number of benzene rings is 1. The van der Waals surface area contributed by atoms with Crippen LogP contribution in [0.2, 0.25) is 0 Å². The average Bonchev–Trinajstić information content (AvgIpc) is 2.42. The van der Waals surface area contributed by atoms with Gasteiger partial charge >= 0.3 is 6.03 Å². The standard InChI is InChI=1S/C10H11N3O2/c1-10(8(14)12-9(15)13-10)6-4-2-3-5-7(6)11/h2-5H,11H2,1H3,(H2,12,13,14,15)/t10-/m0/s1. The van der Waals surface area contributed by atoms with Gasteiger partial charge in [-0.05, 0) is 13.0 Å². The number of nitrogen functional groups attached to an aromatic ring is 1. The van der Waals surface area contributed by atoms with Crippen molar-refractivity contribution < 1.29 is 9.59 Å².